The zero-order valence-corrected chi connectivity index (χ0v) is 12.7. The van der Waals surface area contributed by atoms with E-state index in [-0.39, 0.29) is 0 Å². The first-order valence-electron chi connectivity index (χ1n) is 7.95. The summed E-state index contributed by atoms with van der Waals surface area (Å²) in [6, 6.07) is 0.674. The van der Waals surface area contributed by atoms with Crippen LogP contribution in [0.5, 0.6) is 0 Å². The molecule has 0 aliphatic heterocycles. The molecule has 2 aliphatic rings. The van der Waals surface area contributed by atoms with Gasteiger partial charge in [0.15, 0.2) is 0 Å². The van der Waals surface area contributed by atoms with Crippen molar-refractivity contribution in [3.63, 3.8) is 0 Å². The van der Waals surface area contributed by atoms with Gasteiger partial charge in [0.2, 0.25) is 0 Å². The predicted octanol–water partition coefficient (Wildman–Crippen LogP) is 3.75. The molecule has 0 radical (unpaired) electrons. The van der Waals surface area contributed by atoms with E-state index in [2.05, 4.69) is 33.0 Å². The van der Waals surface area contributed by atoms with E-state index in [1.807, 2.05) is 0 Å². The molecule has 2 saturated carbocycles. The molecule has 3 unspecified atom stereocenters. The maximum absolute atomic E-state index is 5.87. The summed E-state index contributed by atoms with van der Waals surface area (Å²) >= 11 is 0. The third-order valence-corrected chi connectivity index (χ3v) is 5.57. The number of ether oxygens (including phenoxy) is 1. The van der Waals surface area contributed by atoms with Crippen LogP contribution in [0.4, 0.5) is 0 Å². The molecule has 2 heteroatoms. The van der Waals surface area contributed by atoms with Crippen LogP contribution in [0.1, 0.15) is 66.2 Å². The summed E-state index contributed by atoms with van der Waals surface area (Å²) in [5, 5.41) is 3.86. The Balaban J connectivity index is 1.80. The van der Waals surface area contributed by atoms with Gasteiger partial charge in [-0.3, -0.25) is 0 Å². The molecule has 0 saturated heterocycles. The zero-order valence-electron chi connectivity index (χ0n) is 12.7. The van der Waals surface area contributed by atoms with Gasteiger partial charge in [-0.2, -0.15) is 0 Å². The normalized spacial score (nSPS) is 37.3. The Morgan fingerprint density at radius 1 is 1.22 bits per heavy atom. The van der Waals surface area contributed by atoms with Gasteiger partial charge in [0.25, 0.3) is 0 Å². The lowest BCUT2D eigenvalue weighted by atomic mass is 9.61. The van der Waals surface area contributed by atoms with Gasteiger partial charge in [-0.05, 0) is 44.4 Å². The largest absolute Gasteiger partial charge is 0.378 e. The van der Waals surface area contributed by atoms with E-state index in [0.717, 1.165) is 6.61 Å². The Hall–Kier alpha value is -0.0800. The van der Waals surface area contributed by atoms with Crippen molar-refractivity contribution in [3.8, 4) is 0 Å². The van der Waals surface area contributed by atoms with Crippen molar-refractivity contribution < 1.29 is 4.74 Å². The molecule has 0 aromatic carbocycles. The maximum atomic E-state index is 5.87. The zero-order chi connectivity index (χ0) is 13.2. The standard InChI is InChI=1S/C16H31NO/c1-5-8-16(9-10-16)12-17-13-11-14(18-7-3)15(13,4)6-2/h13-14,17H,5-12H2,1-4H3. The summed E-state index contributed by atoms with van der Waals surface area (Å²) in [5.74, 6) is 0. The number of nitrogens with one attached hydrogen (secondary N) is 1. The lowest BCUT2D eigenvalue weighted by Gasteiger charge is -2.54. The molecular weight excluding hydrogens is 222 g/mol. The summed E-state index contributed by atoms with van der Waals surface area (Å²) in [4.78, 5) is 0. The topological polar surface area (TPSA) is 21.3 Å². The van der Waals surface area contributed by atoms with Crippen molar-refractivity contribution in [1.29, 1.82) is 0 Å². The average Bonchev–Trinajstić information content (AvgIpc) is 3.12. The molecule has 1 N–H and O–H groups in total. The van der Waals surface area contributed by atoms with Gasteiger partial charge in [-0.15, -0.1) is 0 Å². The quantitative estimate of drug-likeness (QED) is 0.711. The van der Waals surface area contributed by atoms with Gasteiger partial charge >= 0.3 is 0 Å². The summed E-state index contributed by atoms with van der Waals surface area (Å²) in [7, 11) is 0. The van der Waals surface area contributed by atoms with Gasteiger partial charge in [0.05, 0.1) is 6.10 Å². The molecule has 0 bridgehead atoms. The predicted molar refractivity (Wildman–Crippen MR) is 76.8 cm³/mol. The monoisotopic (exact) mass is 253 g/mol. The lowest BCUT2D eigenvalue weighted by molar-refractivity contribution is -0.126. The second kappa shape index (κ2) is 5.50. The summed E-state index contributed by atoms with van der Waals surface area (Å²) in [6.45, 7) is 11.2. The Kier molecular flexibility index (Phi) is 4.38. The molecule has 0 heterocycles. The molecule has 2 nitrogen and oxygen atoms in total. The highest BCUT2D eigenvalue weighted by molar-refractivity contribution is 5.06. The minimum absolute atomic E-state index is 0.359. The average molecular weight is 253 g/mol. The van der Waals surface area contributed by atoms with Crippen LogP contribution in [0.15, 0.2) is 0 Å². The first kappa shape index (κ1) is 14.3. The molecule has 0 aromatic heterocycles. The first-order chi connectivity index (χ1) is 8.60. The van der Waals surface area contributed by atoms with Crippen LogP contribution in [-0.2, 0) is 4.74 Å². The second-order valence-electron chi connectivity index (χ2n) is 6.72. The van der Waals surface area contributed by atoms with Crippen molar-refractivity contribution in [3.05, 3.63) is 0 Å². The smallest absolute Gasteiger partial charge is 0.0658 e. The first-order valence-corrected chi connectivity index (χ1v) is 7.95. The SMILES string of the molecule is CCCC1(CNC2CC(OCC)C2(C)CC)CC1. The molecule has 0 aromatic rings. The Morgan fingerprint density at radius 3 is 2.44 bits per heavy atom. The number of hydrogen-bond donors (Lipinski definition) is 1. The van der Waals surface area contributed by atoms with Crippen LogP contribution in [-0.4, -0.2) is 25.3 Å². The van der Waals surface area contributed by atoms with Crippen molar-refractivity contribution in [1.82, 2.24) is 5.32 Å². The van der Waals surface area contributed by atoms with Crippen LogP contribution in [0.25, 0.3) is 0 Å². The molecule has 2 aliphatic carbocycles. The van der Waals surface area contributed by atoms with Crippen molar-refractivity contribution in [2.75, 3.05) is 13.2 Å². The van der Waals surface area contributed by atoms with Gasteiger partial charge in [-0.1, -0.05) is 27.2 Å². The van der Waals surface area contributed by atoms with E-state index in [1.165, 1.54) is 45.1 Å². The fourth-order valence-corrected chi connectivity index (χ4v) is 3.63. The lowest BCUT2D eigenvalue weighted by Crippen LogP contribution is -2.62. The van der Waals surface area contributed by atoms with Crippen LogP contribution in [0.3, 0.4) is 0 Å². The van der Waals surface area contributed by atoms with E-state index < -0.39 is 0 Å². The van der Waals surface area contributed by atoms with Crippen LogP contribution >= 0.6 is 0 Å². The molecule has 2 rings (SSSR count). The van der Waals surface area contributed by atoms with Crippen LogP contribution < -0.4 is 5.32 Å². The molecular formula is C16H31NO. The van der Waals surface area contributed by atoms with E-state index in [0.29, 0.717) is 23.0 Å². The Bertz CT molecular complexity index is 274. The van der Waals surface area contributed by atoms with Crippen molar-refractivity contribution in [2.45, 2.75) is 78.4 Å². The third kappa shape index (κ3) is 2.60. The summed E-state index contributed by atoms with van der Waals surface area (Å²) < 4.78 is 5.87. The van der Waals surface area contributed by atoms with Gasteiger partial charge in [0, 0.05) is 24.6 Å². The van der Waals surface area contributed by atoms with Crippen molar-refractivity contribution in [2.24, 2.45) is 10.8 Å². The van der Waals surface area contributed by atoms with Gasteiger partial charge < -0.3 is 10.1 Å². The summed E-state index contributed by atoms with van der Waals surface area (Å²) in [5.41, 5.74) is 1.03. The molecule has 0 spiro atoms. The fourth-order valence-electron chi connectivity index (χ4n) is 3.63. The van der Waals surface area contributed by atoms with E-state index >= 15 is 0 Å². The molecule has 18 heavy (non-hydrogen) atoms. The highest BCUT2D eigenvalue weighted by atomic mass is 16.5. The maximum Gasteiger partial charge on any atom is 0.0658 e. The minimum atomic E-state index is 0.359. The minimum Gasteiger partial charge on any atom is -0.378 e. The van der Waals surface area contributed by atoms with Gasteiger partial charge in [-0.25, -0.2) is 0 Å². The third-order valence-electron chi connectivity index (χ3n) is 5.57. The molecule has 2 fully saturated rings. The van der Waals surface area contributed by atoms with E-state index in [1.54, 1.807) is 0 Å². The van der Waals surface area contributed by atoms with Crippen LogP contribution in [0, 0.1) is 10.8 Å². The Labute approximate surface area is 113 Å². The van der Waals surface area contributed by atoms with Crippen LogP contribution in [0.2, 0.25) is 0 Å². The fraction of sp³-hybridized carbons (Fsp3) is 1.00. The van der Waals surface area contributed by atoms with Crippen molar-refractivity contribution >= 4 is 0 Å². The second-order valence-corrected chi connectivity index (χ2v) is 6.72. The number of hydrogen-bond acceptors (Lipinski definition) is 2. The highest BCUT2D eigenvalue weighted by Crippen LogP contribution is 2.51. The molecule has 106 valence electrons. The summed E-state index contributed by atoms with van der Waals surface area (Å²) in [6.07, 6.45) is 8.53. The molecule has 3 atom stereocenters. The van der Waals surface area contributed by atoms with E-state index in [4.69, 9.17) is 4.74 Å². The molecule has 0 amide bonds. The number of rotatable bonds is 8. The Morgan fingerprint density at radius 2 is 1.94 bits per heavy atom. The highest BCUT2D eigenvalue weighted by Gasteiger charge is 2.52. The van der Waals surface area contributed by atoms with E-state index in [9.17, 15) is 0 Å². The van der Waals surface area contributed by atoms with Gasteiger partial charge in [0.1, 0.15) is 0 Å².